The molecule has 0 aliphatic heterocycles. The lowest BCUT2D eigenvalue weighted by Crippen LogP contribution is -2.41. The summed E-state index contributed by atoms with van der Waals surface area (Å²) in [6, 6.07) is 18.3. The number of amides is 1. The van der Waals surface area contributed by atoms with E-state index in [1.165, 1.54) is 23.3 Å². The van der Waals surface area contributed by atoms with Gasteiger partial charge in [-0.2, -0.15) is 0 Å². The topological polar surface area (TPSA) is 68.4 Å². The summed E-state index contributed by atoms with van der Waals surface area (Å²) in [5.41, 5.74) is 3.69. The van der Waals surface area contributed by atoms with Crippen LogP contribution in [0.3, 0.4) is 0 Å². The van der Waals surface area contributed by atoms with Crippen LogP contribution in [-0.4, -0.2) is 26.3 Å². The Hall–Kier alpha value is -3.41. The lowest BCUT2D eigenvalue weighted by atomic mass is 10.0. The van der Waals surface area contributed by atoms with E-state index < -0.39 is 4.92 Å². The minimum Gasteiger partial charge on any atom is -0.345 e. The summed E-state index contributed by atoms with van der Waals surface area (Å²) in [7, 11) is 0. The Morgan fingerprint density at radius 1 is 1.06 bits per heavy atom. The fraction of sp³-hybridized carbons (Fsp3) is 0.320. The normalized spacial score (nSPS) is 12.0. The summed E-state index contributed by atoms with van der Waals surface area (Å²) in [5, 5.41) is 11.2. The van der Waals surface area contributed by atoms with Gasteiger partial charge in [0, 0.05) is 42.2 Å². The monoisotopic (exact) mass is 419 g/mol. The zero-order valence-corrected chi connectivity index (χ0v) is 18.5. The summed E-state index contributed by atoms with van der Waals surface area (Å²) in [6.07, 6.45) is 2.02. The first kappa shape index (κ1) is 22.3. The number of carbonyl (C=O) groups is 1. The standard InChI is InChI=1S/C25H29N3O3/c1-18(2)20(4)27(25(29)22-10-6-11-23(15-22)28(30)31)17-24-12-7-13-26(24)16-21-9-5-8-19(3)14-21/h5-15,18,20H,16-17H2,1-4H3/t20-/m1/s1. The van der Waals surface area contributed by atoms with Crippen molar-refractivity contribution in [3.05, 3.63) is 99.4 Å². The Kier molecular flexibility index (Phi) is 6.90. The van der Waals surface area contributed by atoms with Gasteiger partial charge in [-0.1, -0.05) is 49.7 Å². The number of carbonyl (C=O) groups excluding carboxylic acids is 1. The molecule has 0 fully saturated rings. The van der Waals surface area contributed by atoms with Crippen LogP contribution in [0.4, 0.5) is 5.69 Å². The van der Waals surface area contributed by atoms with Crippen molar-refractivity contribution < 1.29 is 9.72 Å². The second kappa shape index (κ2) is 9.60. The molecule has 3 rings (SSSR count). The molecule has 0 aliphatic rings. The third-order valence-electron chi connectivity index (χ3n) is 5.71. The number of aryl methyl sites for hydroxylation is 1. The highest BCUT2D eigenvalue weighted by Crippen LogP contribution is 2.21. The van der Waals surface area contributed by atoms with Gasteiger partial charge in [-0.25, -0.2) is 0 Å². The number of nitrogens with zero attached hydrogens (tertiary/aromatic N) is 3. The van der Waals surface area contributed by atoms with E-state index in [0.29, 0.717) is 12.1 Å². The van der Waals surface area contributed by atoms with Crippen molar-refractivity contribution >= 4 is 11.6 Å². The van der Waals surface area contributed by atoms with Gasteiger partial charge in [-0.15, -0.1) is 0 Å². The predicted molar refractivity (Wildman–Crippen MR) is 122 cm³/mol. The number of benzene rings is 2. The number of rotatable bonds is 8. The van der Waals surface area contributed by atoms with Gasteiger partial charge >= 0.3 is 0 Å². The number of hydrogen-bond donors (Lipinski definition) is 0. The maximum Gasteiger partial charge on any atom is 0.270 e. The fourth-order valence-corrected chi connectivity index (χ4v) is 3.61. The molecular formula is C25H29N3O3. The molecular weight excluding hydrogens is 390 g/mol. The van der Waals surface area contributed by atoms with Gasteiger partial charge < -0.3 is 9.47 Å². The van der Waals surface area contributed by atoms with Crippen LogP contribution in [0.2, 0.25) is 0 Å². The van der Waals surface area contributed by atoms with E-state index in [1.807, 2.05) is 36.2 Å². The van der Waals surface area contributed by atoms with E-state index >= 15 is 0 Å². The van der Waals surface area contributed by atoms with Gasteiger partial charge in [0.05, 0.1) is 11.5 Å². The largest absolute Gasteiger partial charge is 0.345 e. The van der Waals surface area contributed by atoms with E-state index in [4.69, 9.17) is 0 Å². The highest BCUT2D eigenvalue weighted by molar-refractivity contribution is 5.95. The SMILES string of the molecule is Cc1cccc(Cn2cccc2CN(C(=O)c2cccc([N+](=O)[O-])c2)[C@H](C)C(C)C)c1. The molecule has 6 heteroatoms. The summed E-state index contributed by atoms with van der Waals surface area (Å²) < 4.78 is 2.15. The van der Waals surface area contributed by atoms with Crippen LogP contribution in [0, 0.1) is 23.0 Å². The van der Waals surface area contributed by atoms with E-state index in [0.717, 1.165) is 12.2 Å². The molecule has 3 aromatic rings. The molecule has 6 nitrogen and oxygen atoms in total. The van der Waals surface area contributed by atoms with Gasteiger partial charge in [0.2, 0.25) is 0 Å². The average molecular weight is 420 g/mol. The van der Waals surface area contributed by atoms with Crippen LogP contribution >= 0.6 is 0 Å². The average Bonchev–Trinajstić information content (AvgIpc) is 3.17. The lowest BCUT2D eigenvalue weighted by Gasteiger charge is -2.32. The van der Waals surface area contributed by atoms with E-state index in [-0.39, 0.29) is 23.6 Å². The molecule has 1 heterocycles. The first-order valence-electron chi connectivity index (χ1n) is 10.5. The number of non-ortho nitro benzene ring substituents is 1. The van der Waals surface area contributed by atoms with E-state index in [2.05, 4.69) is 43.5 Å². The molecule has 0 unspecified atom stereocenters. The maximum atomic E-state index is 13.4. The van der Waals surface area contributed by atoms with Crippen molar-refractivity contribution in [2.45, 2.75) is 46.8 Å². The molecule has 162 valence electrons. The molecule has 0 saturated carbocycles. The number of nitro groups is 1. The quantitative estimate of drug-likeness (QED) is 0.361. The Bertz CT molecular complexity index is 1070. The van der Waals surface area contributed by atoms with Gasteiger partial charge in [-0.3, -0.25) is 14.9 Å². The van der Waals surface area contributed by atoms with E-state index in [1.54, 1.807) is 12.1 Å². The smallest absolute Gasteiger partial charge is 0.270 e. The third-order valence-corrected chi connectivity index (χ3v) is 5.71. The molecule has 0 saturated heterocycles. The molecule has 0 aliphatic carbocycles. The maximum absolute atomic E-state index is 13.4. The van der Waals surface area contributed by atoms with Gasteiger partial charge in [0.25, 0.3) is 11.6 Å². The van der Waals surface area contributed by atoms with Crippen LogP contribution < -0.4 is 0 Å². The van der Waals surface area contributed by atoms with E-state index in [9.17, 15) is 14.9 Å². The summed E-state index contributed by atoms with van der Waals surface area (Å²) in [6.45, 7) is 9.39. The molecule has 0 bridgehead atoms. The van der Waals surface area contributed by atoms with Crippen LogP contribution in [-0.2, 0) is 13.1 Å². The van der Waals surface area contributed by atoms with Gasteiger partial charge in [0.15, 0.2) is 0 Å². The predicted octanol–water partition coefficient (Wildman–Crippen LogP) is 5.44. The minimum absolute atomic E-state index is 0.0333. The molecule has 0 radical (unpaired) electrons. The molecule has 2 aromatic carbocycles. The number of nitro benzene ring substituents is 1. The van der Waals surface area contributed by atoms with Crippen LogP contribution in [0.25, 0.3) is 0 Å². The van der Waals surface area contributed by atoms with Crippen LogP contribution in [0.5, 0.6) is 0 Å². The highest BCUT2D eigenvalue weighted by atomic mass is 16.6. The van der Waals surface area contributed by atoms with Crippen molar-refractivity contribution in [1.29, 1.82) is 0 Å². The molecule has 0 spiro atoms. The summed E-state index contributed by atoms with van der Waals surface area (Å²) in [4.78, 5) is 25.9. The third kappa shape index (κ3) is 5.40. The zero-order valence-electron chi connectivity index (χ0n) is 18.5. The van der Waals surface area contributed by atoms with Crippen molar-refractivity contribution in [2.24, 2.45) is 5.92 Å². The second-order valence-corrected chi connectivity index (χ2v) is 8.34. The van der Waals surface area contributed by atoms with Crippen LogP contribution in [0.15, 0.2) is 66.9 Å². The first-order valence-corrected chi connectivity index (χ1v) is 10.5. The van der Waals surface area contributed by atoms with Gasteiger partial charge in [0.1, 0.15) is 0 Å². The van der Waals surface area contributed by atoms with Crippen molar-refractivity contribution in [2.75, 3.05) is 0 Å². The Balaban J connectivity index is 1.89. The van der Waals surface area contributed by atoms with Crippen LogP contribution in [0.1, 0.15) is 48.0 Å². The molecule has 0 N–H and O–H groups in total. The van der Waals surface area contributed by atoms with Crippen molar-refractivity contribution in [3.8, 4) is 0 Å². The Morgan fingerprint density at radius 2 is 1.81 bits per heavy atom. The highest BCUT2D eigenvalue weighted by Gasteiger charge is 2.26. The number of hydrogen-bond acceptors (Lipinski definition) is 3. The molecule has 1 aromatic heterocycles. The fourth-order valence-electron chi connectivity index (χ4n) is 3.61. The molecule has 1 atom stereocenters. The van der Waals surface area contributed by atoms with Crippen molar-refractivity contribution in [1.82, 2.24) is 9.47 Å². The molecule has 31 heavy (non-hydrogen) atoms. The summed E-state index contributed by atoms with van der Waals surface area (Å²) in [5.74, 6) is 0.0380. The second-order valence-electron chi connectivity index (χ2n) is 8.34. The Morgan fingerprint density at radius 3 is 2.48 bits per heavy atom. The summed E-state index contributed by atoms with van der Waals surface area (Å²) >= 11 is 0. The Labute approximate surface area is 183 Å². The minimum atomic E-state index is -0.472. The van der Waals surface area contributed by atoms with Crippen molar-refractivity contribution in [3.63, 3.8) is 0 Å². The molecule has 1 amide bonds. The lowest BCUT2D eigenvalue weighted by molar-refractivity contribution is -0.384. The van der Waals surface area contributed by atoms with Gasteiger partial charge in [-0.05, 0) is 43.5 Å². The first-order chi connectivity index (χ1) is 14.8. The zero-order chi connectivity index (χ0) is 22.5. The number of aromatic nitrogens is 1.